The van der Waals surface area contributed by atoms with Gasteiger partial charge < -0.3 is 21.7 Å². The van der Waals surface area contributed by atoms with Gasteiger partial charge >= 0.3 is 0 Å². The Balaban J connectivity index is 2.78. The summed E-state index contributed by atoms with van der Waals surface area (Å²) in [5, 5.41) is 7.89. The number of carbonyl (C=O) groups excluding carboxylic acids is 4. The van der Waals surface area contributed by atoms with Crippen molar-refractivity contribution in [3.63, 3.8) is 0 Å². The van der Waals surface area contributed by atoms with Crippen LogP contribution in [0.3, 0.4) is 0 Å². The molecule has 0 bridgehead atoms. The number of rotatable bonds is 13. The molecule has 5 N–H and O–H groups in total. The van der Waals surface area contributed by atoms with Crippen LogP contribution in [0, 0.1) is 11.8 Å². The Labute approximate surface area is 195 Å². The molecule has 0 aromatic heterocycles. The van der Waals surface area contributed by atoms with Crippen LogP contribution in [0.1, 0.15) is 39.7 Å². The molecule has 5 atom stereocenters. The maximum Gasteiger partial charge on any atom is 0.244 e. The zero-order chi connectivity index (χ0) is 24.3. The first-order valence-electron chi connectivity index (χ1n) is 10.8. The van der Waals surface area contributed by atoms with Gasteiger partial charge in [-0.15, -0.1) is 0 Å². The SMILES string of the molecule is CC[C@H](C)[C@H](N)C(=O)N[C@H](C(=O)N[C@@H](CS)C(=O)N[C@H]([C]=O)Cc1ccccc1)C(C)C. The van der Waals surface area contributed by atoms with Crippen molar-refractivity contribution in [3.05, 3.63) is 35.9 Å². The molecule has 1 rings (SSSR count). The minimum Gasteiger partial charge on any atom is -0.344 e. The summed E-state index contributed by atoms with van der Waals surface area (Å²) in [6, 6.07) is 5.76. The van der Waals surface area contributed by atoms with Crippen LogP contribution in [-0.2, 0) is 25.6 Å². The minimum atomic E-state index is -0.987. The van der Waals surface area contributed by atoms with Gasteiger partial charge in [-0.25, -0.2) is 0 Å². The van der Waals surface area contributed by atoms with Gasteiger partial charge in [0.15, 0.2) is 0 Å². The maximum atomic E-state index is 12.8. The highest BCUT2D eigenvalue weighted by Gasteiger charge is 2.31. The van der Waals surface area contributed by atoms with E-state index in [9.17, 15) is 19.2 Å². The Hall–Kier alpha value is -2.39. The highest BCUT2D eigenvalue weighted by atomic mass is 32.1. The van der Waals surface area contributed by atoms with Crippen LogP contribution in [0.4, 0.5) is 0 Å². The molecule has 0 spiro atoms. The molecule has 0 unspecified atom stereocenters. The van der Waals surface area contributed by atoms with E-state index in [1.807, 2.05) is 50.5 Å². The van der Waals surface area contributed by atoms with E-state index in [0.717, 1.165) is 12.0 Å². The van der Waals surface area contributed by atoms with Gasteiger partial charge in [-0.1, -0.05) is 64.4 Å². The van der Waals surface area contributed by atoms with Crippen molar-refractivity contribution < 1.29 is 19.2 Å². The number of nitrogens with one attached hydrogen (secondary N) is 3. The van der Waals surface area contributed by atoms with Gasteiger partial charge in [-0.2, -0.15) is 12.6 Å². The Morgan fingerprint density at radius 1 is 1.00 bits per heavy atom. The zero-order valence-corrected chi connectivity index (χ0v) is 20.0. The number of nitrogens with two attached hydrogens (primary N) is 1. The first-order chi connectivity index (χ1) is 15.1. The van der Waals surface area contributed by atoms with Gasteiger partial charge in [0.25, 0.3) is 0 Å². The maximum absolute atomic E-state index is 12.8. The summed E-state index contributed by atoms with van der Waals surface area (Å²) >= 11 is 4.16. The number of hydrogen-bond acceptors (Lipinski definition) is 6. The number of thiol groups is 1. The van der Waals surface area contributed by atoms with Crippen molar-refractivity contribution in [2.75, 3.05) is 5.75 Å². The zero-order valence-electron chi connectivity index (χ0n) is 19.1. The second-order valence-corrected chi connectivity index (χ2v) is 8.62. The largest absolute Gasteiger partial charge is 0.344 e. The van der Waals surface area contributed by atoms with E-state index in [1.165, 1.54) is 0 Å². The van der Waals surface area contributed by atoms with Crippen molar-refractivity contribution in [1.29, 1.82) is 0 Å². The third-order valence-corrected chi connectivity index (χ3v) is 5.73. The highest BCUT2D eigenvalue weighted by molar-refractivity contribution is 7.80. The van der Waals surface area contributed by atoms with E-state index in [2.05, 4.69) is 28.6 Å². The topological polar surface area (TPSA) is 130 Å². The predicted molar refractivity (Wildman–Crippen MR) is 128 cm³/mol. The summed E-state index contributed by atoms with van der Waals surface area (Å²) in [6.45, 7) is 7.37. The summed E-state index contributed by atoms with van der Waals surface area (Å²) in [5.74, 6) is -1.75. The van der Waals surface area contributed by atoms with Crippen molar-refractivity contribution in [2.24, 2.45) is 17.6 Å². The molecule has 0 saturated carbocycles. The molecule has 0 heterocycles. The highest BCUT2D eigenvalue weighted by Crippen LogP contribution is 2.09. The van der Waals surface area contributed by atoms with Gasteiger partial charge in [0.2, 0.25) is 24.0 Å². The fraction of sp³-hybridized carbons (Fsp3) is 0.565. The molecule has 1 aromatic carbocycles. The average Bonchev–Trinajstić information content (AvgIpc) is 2.79. The molecule has 0 aliphatic carbocycles. The van der Waals surface area contributed by atoms with Crippen LogP contribution in [0.25, 0.3) is 0 Å². The van der Waals surface area contributed by atoms with Crippen LogP contribution in [0.15, 0.2) is 30.3 Å². The van der Waals surface area contributed by atoms with Gasteiger partial charge in [-0.05, 0) is 17.4 Å². The van der Waals surface area contributed by atoms with Crippen molar-refractivity contribution in [3.8, 4) is 0 Å². The smallest absolute Gasteiger partial charge is 0.244 e. The molecule has 0 fully saturated rings. The monoisotopic (exact) mass is 463 g/mol. The first kappa shape index (κ1) is 27.6. The molecule has 32 heavy (non-hydrogen) atoms. The first-order valence-corrected chi connectivity index (χ1v) is 11.5. The number of amides is 3. The number of benzene rings is 1. The second kappa shape index (κ2) is 13.9. The standard InChI is InChI=1S/C23H35N4O4S/c1-5-15(4)19(24)22(30)27-20(14(2)3)23(31)26-18(13-32)21(29)25-17(12-28)11-16-9-7-6-8-10-16/h6-10,14-15,17-20,32H,5,11,13,24H2,1-4H3,(H,25,29)(H,26,31)(H,27,30)/t15-,17-,18-,19-,20-/m0/s1. The normalized spacial score (nSPS) is 15.7. The molecule has 1 radical (unpaired) electrons. The van der Waals surface area contributed by atoms with E-state index in [1.54, 1.807) is 13.8 Å². The summed E-state index contributed by atoms with van der Waals surface area (Å²) in [6.07, 6.45) is 2.83. The van der Waals surface area contributed by atoms with E-state index in [0.29, 0.717) is 0 Å². The number of hydrogen-bond donors (Lipinski definition) is 5. The quantitative estimate of drug-likeness (QED) is 0.276. The lowest BCUT2D eigenvalue weighted by atomic mass is 9.97. The molecular weight excluding hydrogens is 428 g/mol. The lowest BCUT2D eigenvalue weighted by molar-refractivity contribution is -0.133. The Kier molecular flexibility index (Phi) is 12.0. The molecule has 1 aromatic rings. The number of carbonyl (C=O) groups is 3. The molecular formula is C23H35N4O4S. The molecule has 0 saturated heterocycles. The Morgan fingerprint density at radius 3 is 2.12 bits per heavy atom. The van der Waals surface area contributed by atoms with Gasteiger partial charge in [0.1, 0.15) is 12.1 Å². The van der Waals surface area contributed by atoms with Crippen LogP contribution in [0.2, 0.25) is 0 Å². The summed E-state index contributed by atoms with van der Waals surface area (Å²) in [4.78, 5) is 49.3. The molecule has 8 nitrogen and oxygen atoms in total. The van der Waals surface area contributed by atoms with E-state index >= 15 is 0 Å². The third kappa shape index (κ3) is 8.63. The summed E-state index contributed by atoms with van der Waals surface area (Å²) in [5.41, 5.74) is 6.84. The fourth-order valence-electron chi connectivity index (χ4n) is 3.00. The van der Waals surface area contributed by atoms with Crippen molar-refractivity contribution in [2.45, 2.75) is 64.7 Å². The summed E-state index contributed by atoms with van der Waals surface area (Å²) in [7, 11) is 0. The second-order valence-electron chi connectivity index (χ2n) is 8.25. The van der Waals surface area contributed by atoms with Crippen molar-refractivity contribution >= 4 is 36.6 Å². The minimum absolute atomic E-state index is 0.0135. The van der Waals surface area contributed by atoms with E-state index in [4.69, 9.17) is 5.73 Å². The van der Waals surface area contributed by atoms with Gasteiger partial charge in [0.05, 0.1) is 12.1 Å². The predicted octanol–water partition coefficient (Wildman–Crippen LogP) is 0.752. The van der Waals surface area contributed by atoms with Crippen LogP contribution in [-0.4, -0.2) is 53.9 Å². The summed E-state index contributed by atoms with van der Waals surface area (Å²) < 4.78 is 0. The van der Waals surface area contributed by atoms with Gasteiger partial charge in [0, 0.05) is 12.2 Å². The molecule has 177 valence electrons. The lowest BCUT2D eigenvalue weighted by Gasteiger charge is -2.27. The van der Waals surface area contributed by atoms with E-state index in [-0.39, 0.29) is 24.0 Å². The third-order valence-electron chi connectivity index (χ3n) is 5.36. The molecule has 0 aliphatic heterocycles. The van der Waals surface area contributed by atoms with Crippen molar-refractivity contribution in [1.82, 2.24) is 16.0 Å². The lowest BCUT2D eigenvalue weighted by Crippen LogP contribution is -2.59. The van der Waals surface area contributed by atoms with Crippen LogP contribution >= 0.6 is 12.6 Å². The Morgan fingerprint density at radius 2 is 1.62 bits per heavy atom. The Bertz CT molecular complexity index is 760. The van der Waals surface area contributed by atoms with Crippen LogP contribution < -0.4 is 21.7 Å². The molecule has 3 amide bonds. The van der Waals surface area contributed by atoms with E-state index < -0.39 is 41.9 Å². The van der Waals surface area contributed by atoms with Crippen LogP contribution in [0.5, 0.6) is 0 Å². The molecule has 9 heteroatoms. The fourth-order valence-corrected chi connectivity index (χ4v) is 3.25. The molecule has 0 aliphatic rings. The average molecular weight is 464 g/mol. The van der Waals surface area contributed by atoms with Gasteiger partial charge in [-0.3, -0.25) is 19.2 Å².